The van der Waals surface area contributed by atoms with Crippen molar-refractivity contribution < 1.29 is 0 Å². The highest BCUT2D eigenvalue weighted by molar-refractivity contribution is 5.16. The van der Waals surface area contributed by atoms with Crippen LogP contribution in [0.5, 0.6) is 0 Å². The molecule has 0 saturated carbocycles. The first-order valence-corrected chi connectivity index (χ1v) is 5.36. The van der Waals surface area contributed by atoms with Gasteiger partial charge in [-0.05, 0) is 39.1 Å². The van der Waals surface area contributed by atoms with Crippen molar-refractivity contribution in [1.29, 1.82) is 0 Å². The lowest BCUT2D eigenvalue weighted by Crippen LogP contribution is -2.35. The molecular weight excluding hydrogens is 186 g/mol. The molecule has 84 valence electrons. The summed E-state index contributed by atoms with van der Waals surface area (Å²) in [6.07, 6.45) is 3.80. The van der Waals surface area contributed by atoms with E-state index in [-0.39, 0.29) is 0 Å². The van der Waals surface area contributed by atoms with Crippen molar-refractivity contribution in [3.05, 3.63) is 29.6 Å². The molecule has 0 radical (unpaired) electrons. The maximum Gasteiger partial charge on any atom is 0.0313 e. The van der Waals surface area contributed by atoms with Gasteiger partial charge in [0.1, 0.15) is 0 Å². The molecular formula is C12H21N3. The third-order valence-electron chi connectivity index (χ3n) is 2.23. The summed E-state index contributed by atoms with van der Waals surface area (Å²) >= 11 is 0. The van der Waals surface area contributed by atoms with Crippen LogP contribution in [0.2, 0.25) is 0 Å². The number of aromatic nitrogens is 1. The Kier molecular flexibility index (Phi) is 4.72. The van der Waals surface area contributed by atoms with E-state index in [1.54, 1.807) is 0 Å². The summed E-state index contributed by atoms with van der Waals surface area (Å²) in [5.41, 5.74) is 2.47. The molecule has 1 atom stereocenters. The summed E-state index contributed by atoms with van der Waals surface area (Å²) in [6.45, 7) is 6.21. The van der Waals surface area contributed by atoms with Gasteiger partial charge in [-0.25, -0.2) is 0 Å². The Labute approximate surface area is 92.5 Å². The second-order valence-corrected chi connectivity index (χ2v) is 4.41. The van der Waals surface area contributed by atoms with Crippen LogP contribution in [0.1, 0.15) is 18.1 Å². The normalized spacial score (nSPS) is 13.1. The Morgan fingerprint density at radius 3 is 2.73 bits per heavy atom. The predicted octanol–water partition coefficient (Wildman–Crippen LogP) is 1.43. The molecule has 1 heterocycles. The van der Waals surface area contributed by atoms with Crippen LogP contribution < -0.4 is 5.32 Å². The van der Waals surface area contributed by atoms with Gasteiger partial charge in [0.05, 0.1) is 0 Å². The van der Waals surface area contributed by atoms with Crippen molar-refractivity contribution in [3.63, 3.8) is 0 Å². The van der Waals surface area contributed by atoms with Crippen molar-refractivity contribution in [1.82, 2.24) is 15.2 Å². The van der Waals surface area contributed by atoms with Crippen LogP contribution in [-0.2, 0) is 6.54 Å². The van der Waals surface area contributed by atoms with E-state index in [1.807, 2.05) is 12.4 Å². The Bertz CT molecular complexity index is 297. The van der Waals surface area contributed by atoms with E-state index in [0.29, 0.717) is 6.04 Å². The van der Waals surface area contributed by atoms with E-state index in [4.69, 9.17) is 0 Å². The molecule has 1 aromatic heterocycles. The lowest BCUT2D eigenvalue weighted by molar-refractivity contribution is 0.349. The molecule has 15 heavy (non-hydrogen) atoms. The SMILES string of the molecule is Cc1cncc(CNC(C)CN(C)C)c1. The molecule has 1 unspecified atom stereocenters. The maximum atomic E-state index is 4.17. The van der Waals surface area contributed by atoms with Gasteiger partial charge in [-0.1, -0.05) is 6.07 Å². The van der Waals surface area contributed by atoms with Gasteiger partial charge in [-0.15, -0.1) is 0 Å². The van der Waals surface area contributed by atoms with Crippen LogP contribution in [0.15, 0.2) is 18.5 Å². The van der Waals surface area contributed by atoms with E-state index in [1.165, 1.54) is 11.1 Å². The third kappa shape index (κ3) is 4.91. The zero-order valence-electron chi connectivity index (χ0n) is 10.1. The van der Waals surface area contributed by atoms with Crippen molar-refractivity contribution in [3.8, 4) is 0 Å². The van der Waals surface area contributed by atoms with Crippen LogP contribution in [0.3, 0.4) is 0 Å². The fourth-order valence-electron chi connectivity index (χ4n) is 1.62. The highest BCUT2D eigenvalue weighted by Crippen LogP contribution is 2.01. The molecule has 1 N–H and O–H groups in total. The van der Waals surface area contributed by atoms with Gasteiger partial charge < -0.3 is 10.2 Å². The van der Waals surface area contributed by atoms with Crippen LogP contribution in [0, 0.1) is 6.92 Å². The fraction of sp³-hybridized carbons (Fsp3) is 0.583. The fourth-order valence-corrected chi connectivity index (χ4v) is 1.62. The van der Waals surface area contributed by atoms with E-state index in [2.05, 4.69) is 49.2 Å². The second kappa shape index (κ2) is 5.83. The molecule has 0 aliphatic heterocycles. The summed E-state index contributed by atoms with van der Waals surface area (Å²) in [4.78, 5) is 6.36. The lowest BCUT2D eigenvalue weighted by atomic mass is 10.2. The molecule has 0 aliphatic rings. The molecule has 0 aromatic carbocycles. The Morgan fingerprint density at radius 2 is 2.13 bits per heavy atom. The van der Waals surface area contributed by atoms with E-state index in [0.717, 1.165) is 13.1 Å². The largest absolute Gasteiger partial charge is 0.309 e. The van der Waals surface area contributed by atoms with Gasteiger partial charge >= 0.3 is 0 Å². The van der Waals surface area contributed by atoms with Crippen LogP contribution in [0.4, 0.5) is 0 Å². The second-order valence-electron chi connectivity index (χ2n) is 4.41. The topological polar surface area (TPSA) is 28.2 Å². The minimum Gasteiger partial charge on any atom is -0.309 e. The number of hydrogen-bond acceptors (Lipinski definition) is 3. The minimum absolute atomic E-state index is 0.500. The first kappa shape index (κ1) is 12.1. The zero-order chi connectivity index (χ0) is 11.3. The van der Waals surface area contributed by atoms with Crippen LogP contribution >= 0.6 is 0 Å². The number of nitrogens with zero attached hydrogens (tertiary/aromatic N) is 2. The van der Waals surface area contributed by atoms with Gasteiger partial charge in [0.2, 0.25) is 0 Å². The molecule has 1 rings (SSSR count). The predicted molar refractivity (Wildman–Crippen MR) is 63.8 cm³/mol. The average Bonchev–Trinajstić information content (AvgIpc) is 2.14. The number of hydrogen-bond donors (Lipinski definition) is 1. The minimum atomic E-state index is 0.500. The highest BCUT2D eigenvalue weighted by Gasteiger charge is 2.02. The number of aryl methyl sites for hydroxylation is 1. The summed E-state index contributed by atoms with van der Waals surface area (Å²) in [6, 6.07) is 2.67. The number of likely N-dealkylation sites (N-methyl/N-ethyl adjacent to an activating group) is 1. The van der Waals surface area contributed by atoms with E-state index >= 15 is 0 Å². The molecule has 0 saturated heterocycles. The summed E-state index contributed by atoms with van der Waals surface area (Å²) in [7, 11) is 4.18. The van der Waals surface area contributed by atoms with Gasteiger partial charge in [0, 0.05) is 31.5 Å². The summed E-state index contributed by atoms with van der Waals surface area (Å²) in [5.74, 6) is 0. The Balaban J connectivity index is 2.36. The van der Waals surface area contributed by atoms with Gasteiger partial charge in [-0.3, -0.25) is 4.98 Å². The standard InChI is InChI=1S/C12H21N3/c1-10-5-12(7-13-6-10)8-14-11(2)9-15(3)4/h5-7,11,14H,8-9H2,1-4H3. The van der Waals surface area contributed by atoms with E-state index < -0.39 is 0 Å². The lowest BCUT2D eigenvalue weighted by Gasteiger charge is -2.18. The van der Waals surface area contributed by atoms with Crippen molar-refractivity contribution in [2.45, 2.75) is 26.4 Å². The Hall–Kier alpha value is -0.930. The summed E-state index contributed by atoms with van der Waals surface area (Å²) in [5, 5.41) is 3.48. The van der Waals surface area contributed by atoms with Crippen molar-refractivity contribution in [2.24, 2.45) is 0 Å². The van der Waals surface area contributed by atoms with Crippen LogP contribution in [0.25, 0.3) is 0 Å². The third-order valence-corrected chi connectivity index (χ3v) is 2.23. The van der Waals surface area contributed by atoms with E-state index in [9.17, 15) is 0 Å². The molecule has 0 fully saturated rings. The molecule has 0 spiro atoms. The summed E-state index contributed by atoms with van der Waals surface area (Å²) < 4.78 is 0. The molecule has 1 aromatic rings. The quantitative estimate of drug-likeness (QED) is 0.791. The maximum absolute atomic E-state index is 4.17. The average molecular weight is 207 g/mol. The smallest absolute Gasteiger partial charge is 0.0313 e. The number of nitrogens with one attached hydrogen (secondary N) is 1. The Morgan fingerprint density at radius 1 is 1.40 bits per heavy atom. The molecule has 3 heteroatoms. The van der Waals surface area contributed by atoms with Gasteiger partial charge in [-0.2, -0.15) is 0 Å². The molecule has 3 nitrogen and oxygen atoms in total. The highest BCUT2D eigenvalue weighted by atomic mass is 15.1. The first-order valence-electron chi connectivity index (χ1n) is 5.36. The molecule has 0 aliphatic carbocycles. The van der Waals surface area contributed by atoms with Crippen LogP contribution in [-0.4, -0.2) is 36.6 Å². The van der Waals surface area contributed by atoms with Gasteiger partial charge in [0.15, 0.2) is 0 Å². The first-order chi connectivity index (χ1) is 7.08. The molecule has 0 amide bonds. The van der Waals surface area contributed by atoms with Crippen molar-refractivity contribution in [2.75, 3.05) is 20.6 Å². The number of rotatable bonds is 5. The monoisotopic (exact) mass is 207 g/mol. The van der Waals surface area contributed by atoms with Crippen molar-refractivity contribution >= 4 is 0 Å². The molecule has 0 bridgehead atoms. The zero-order valence-corrected chi connectivity index (χ0v) is 10.1. The number of pyridine rings is 1. The van der Waals surface area contributed by atoms with Gasteiger partial charge in [0.25, 0.3) is 0 Å².